The lowest BCUT2D eigenvalue weighted by atomic mass is 9.89. The first kappa shape index (κ1) is 29.3. The summed E-state index contributed by atoms with van der Waals surface area (Å²) in [6, 6.07) is 14.7. The van der Waals surface area contributed by atoms with Crippen LogP contribution in [0.2, 0.25) is 0 Å². The van der Waals surface area contributed by atoms with E-state index in [-0.39, 0.29) is 17.5 Å². The third-order valence-electron chi connectivity index (χ3n) is 7.05. The summed E-state index contributed by atoms with van der Waals surface area (Å²) < 4.78 is 8.28. The Balaban J connectivity index is 1.89. The average molecular weight is 560 g/mol. The summed E-state index contributed by atoms with van der Waals surface area (Å²) in [5.41, 5.74) is 8.74. The highest BCUT2D eigenvalue weighted by Gasteiger charge is 2.25. The first-order valence-corrected chi connectivity index (χ1v) is 13.3. The van der Waals surface area contributed by atoms with Gasteiger partial charge in [0.25, 0.3) is 5.91 Å². The smallest absolute Gasteiger partial charge is 0.336 e. The molecule has 0 fully saturated rings. The molecule has 0 bridgehead atoms. The number of carboxylic acids is 2. The molecule has 1 heterocycles. The predicted octanol–water partition coefficient (Wildman–Crippen LogP) is 3.31. The Morgan fingerprint density at radius 1 is 0.976 bits per heavy atom. The van der Waals surface area contributed by atoms with Crippen LogP contribution in [-0.2, 0) is 4.79 Å². The second kappa shape index (κ2) is 12.2. The fourth-order valence-electron chi connectivity index (χ4n) is 4.79. The van der Waals surface area contributed by atoms with Crippen molar-refractivity contribution in [2.75, 3.05) is 39.6 Å². The molecule has 1 aliphatic heterocycles. The molecule has 2 aromatic rings. The van der Waals surface area contributed by atoms with Crippen molar-refractivity contribution in [2.24, 2.45) is 5.73 Å². The fraction of sp³-hybridized carbons (Fsp3) is 0.290. The van der Waals surface area contributed by atoms with Crippen molar-refractivity contribution in [3.05, 3.63) is 71.1 Å². The second-order valence-electron chi connectivity index (χ2n) is 10.3. The van der Waals surface area contributed by atoms with E-state index >= 15 is 0 Å². The summed E-state index contributed by atoms with van der Waals surface area (Å²) in [4.78, 5) is 39.2. The number of aliphatic carboxylic acids is 1. The van der Waals surface area contributed by atoms with Gasteiger partial charge in [-0.1, -0.05) is 6.07 Å². The third-order valence-corrected chi connectivity index (χ3v) is 7.05. The Labute approximate surface area is 237 Å². The number of anilines is 1. The lowest BCUT2D eigenvalue weighted by Gasteiger charge is -2.19. The van der Waals surface area contributed by atoms with Gasteiger partial charge in [-0.25, -0.2) is 14.2 Å². The zero-order valence-corrected chi connectivity index (χ0v) is 23.6. The average Bonchev–Trinajstić information content (AvgIpc) is 2.94. The third kappa shape index (κ3) is 6.22. The van der Waals surface area contributed by atoms with Gasteiger partial charge in [0.05, 0.1) is 11.6 Å². The molecular weight excluding hydrogens is 524 g/mol. The maximum atomic E-state index is 13.0. The Bertz CT molecular complexity index is 1670. The Hall–Kier alpha value is -4.70. The van der Waals surface area contributed by atoms with Crippen LogP contribution in [0.25, 0.3) is 33.4 Å². The molecule has 1 atom stereocenters. The highest BCUT2D eigenvalue weighted by Crippen LogP contribution is 2.42. The van der Waals surface area contributed by atoms with E-state index in [4.69, 9.17) is 10.2 Å². The number of carbonyl (C=O) groups excluding carboxylic acids is 1. The number of nitrogens with zero attached hydrogens (tertiary/aromatic N) is 2. The number of benzene rings is 3. The molecule has 214 valence electrons. The number of fused-ring (bicyclic) bond motifs is 2. The van der Waals surface area contributed by atoms with Crippen LogP contribution in [0, 0.1) is 0 Å². The van der Waals surface area contributed by atoms with Crippen LogP contribution in [0.4, 0.5) is 5.69 Å². The van der Waals surface area contributed by atoms with Crippen molar-refractivity contribution < 1.29 is 29.0 Å². The van der Waals surface area contributed by atoms with E-state index in [1.54, 1.807) is 6.07 Å². The van der Waals surface area contributed by atoms with Crippen molar-refractivity contribution in [2.45, 2.75) is 25.3 Å². The highest BCUT2D eigenvalue weighted by molar-refractivity contribution is 6.09. The maximum Gasteiger partial charge on any atom is 0.336 e. The van der Waals surface area contributed by atoms with E-state index in [0.717, 1.165) is 11.0 Å². The van der Waals surface area contributed by atoms with E-state index in [1.165, 1.54) is 12.1 Å². The number of nitrogens with two attached hydrogens (primary N) is 1. The number of hydrogen-bond donors (Lipinski definition) is 4. The zero-order chi connectivity index (χ0) is 29.8. The summed E-state index contributed by atoms with van der Waals surface area (Å²) >= 11 is 0. The van der Waals surface area contributed by atoms with E-state index in [0.29, 0.717) is 52.8 Å². The summed E-state index contributed by atoms with van der Waals surface area (Å²) in [7, 11) is 7.69. The second-order valence-corrected chi connectivity index (χ2v) is 10.3. The minimum Gasteiger partial charge on any atom is -0.480 e. The van der Waals surface area contributed by atoms with Gasteiger partial charge >= 0.3 is 11.9 Å². The minimum absolute atomic E-state index is 0.0512. The SMILES string of the molecule is CN(C)c1ccc2c(-c3ccc(C(=O)NC(CCCCN)C(=O)O)cc3C(=O)O)c3ccc(=[N+](C)C)cc-3oc2c1. The van der Waals surface area contributed by atoms with E-state index < -0.39 is 23.9 Å². The molecule has 0 aromatic heterocycles. The number of carbonyl (C=O) groups is 3. The quantitative estimate of drug-likeness (QED) is 0.131. The molecule has 10 nitrogen and oxygen atoms in total. The maximum absolute atomic E-state index is 13.0. The van der Waals surface area contributed by atoms with Crippen LogP contribution in [0.3, 0.4) is 0 Å². The molecule has 2 aliphatic rings. The van der Waals surface area contributed by atoms with Crippen molar-refractivity contribution >= 4 is 34.5 Å². The van der Waals surface area contributed by atoms with Gasteiger partial charge in [-0.2, -0.15) is 0 Å². The highest BCUT2D eigenvalue weighted by atomic mass is 16.4. The number of nitrogens with one attached hydrogen (secondary N) is 1. The van der Waals surface area contributed by atoms with Gasteiger partial charge in [-0.05, 0) is 61.7 Å². The van der Waals surface area contributed by atoms with Gasteiger partial charge in [0.1, 0.15) is 31.5 Å². The summed E-state index contributed by atoms with van der Waals surface area (Å²) in [5, 5.41) is 24.0. The molecule has 0 saturated carbocycles. The molecular formula is C31H35N4O6+. The number of rotatable bonds is 10. The van der Waals surface area contributed by atoms with Crippen molar-refractivity contribution in [1.82, 2.24) is 9.89 Å². The summed E-state index contributed by atoms with van der Waals surface area (Å²) in [6.07, 6.45) is 1.39. The van der Waals surface area contributed by atoms with Gasteiger partial charge in [-0.15, -0.1) is 0 Å². The first-order valence-electron chi connectivity index (χ1n) is 13.3. The molecule has 1 unspecified atom stereocenters. The van der Waals surface area contributed by atoms with Gasteiger partial charge in [0, 0.05) is 54.0 Å². The largest absolute Gasteiger partial charge is 0.480 e. The fourth-order valence-corrected chi connectivity index (χ4v) is 4.79. The molecule has 10 heteroatoms. The van der Waals surface area contributed by atoms with Gasteiger partial charge < -0.3 is 30.6 Å². The Morgan fingerprint density at radius 2 is 1.71 bits per heavy atom. The number of carboxylic acid groups (broad SMARTS) is 2. The normalized spacial score (nSPS) is 11.8. The lowest BCUT2D eigenvalue weighted by molar-refractivity contribution is -0.139. The molecule has 41 heavy (non-hydrogen) atoms. The van der Waals surface area contributed by atoms with Crippen LogP contribution in [0.1, 0.15) is 40.0 Å². The zero-order valence-electron chi connectivity index (χ0n) is 23.6. The van der Waals surface area contributed by atoms with E-state index in [2.05, 4.69) is 5.32 Å². The molecule has 0 radical (unpaired) electrons. The number of amides is 1. The van der Waals surface area contributed by atoms with Crippen LogP contribution in [0.5, 0.6) is 0 Å². The van der Waals surface area contributed by atoms with Crippen molar-refractivity contribution in [1.29, 1.82) is 0 Å². The van der Waals surface area contributed by atoms with Crippen molar-refractivity contribution in [3.8, 4) is 22.5 Å². The predicted molar refractivity (Wildman–Crippen MR) is 158 cm³/mol. The van der Waals surface area contributed by atoms with Crippen LogP contribution in [-0.4, -0.2) is 68.8 Å². The van der Waals surface area contributed by atoms with Gasteiger partial charge in [0.15, 0.2) is 0 Å². The number of unbranched alkanes of at least 4 members (excludes halogenated alkanes) is 1. The summed E-state index contributed by atoms with van der Waals surface area (Å²) in [5.74, 6) is -2.47. The molecule has 4 rings (SSSR count). The minimum atomic E-state index is -1.22. The molecule has 0 spiro atoms. The van der Waals surface area contributed by atoms with E-state index in [9.17, 15) is 24.6 Å². The Morgan fingerprint density at radius 3 is 2.34 bits per heavy atom. The topological polar surface area (TPSA) is 149 Å². The Kier molecular flexibility index (Phi) is 8.73. The van der Waals surface area contributed by atoms with E-state index in [1.807, 2.05) is 74.1 Å². The molecule has 2 aromatic carbocycles. The van der Waals surface area contributed by atoms with Gasteiger partial charge in [-0.3, -0.25) is 4.79 Å². The van der Waals surface area contributed by atoms with Crippen LogP contribution < -0.4 is 25.9 Å². The lowest BCUT2D eigenvalue weighted by Crippen LogP contribution is -2.40. The van der Waals surface area contributed by atoms with Crippen molar-refractivity contribution in [3.63, 3.8) is 0 Å². The standard InChI is InChI=1S/C31H34N4O6/c1-34(2)19-9-12-22-26(16-19)41-27-17-20(35(3)4)10-13-23(27)28(22)21-11-8-18(15-24(21)30(37)38)29(36)33-25(31(39)40)7-5-6-14-32/h8-13,15-17,25H,5-7,14,32H2,1-4H3,(H2-,33,36,37,38,39,40)/p+1. The summed E-state index contributed by atoms with van der Waals surface area (Å²) in [6.45, 7) is 0.423. The number of hydrogen-bond acceptors (Lipinski definition) is 6. The molecule has 0 saturated heterocycles. The number of aromatic carboxylic acids is 1. The van der Waals surface area contributed by atoms with Crippen LogP contribution >= 0.6 is 0 Å². The van der Waals surface area contributed by atoms with Gasteiger partial charge in [0.2, 0.25) is 5.36 Å². The molecule has 5 N–H and O–H groups in total. The molecule has 1 amide bonds. The first-order chi connectivity index (χ1) is 19.5. The monoisotopic (exact) mass is 559 g/mol. The molecule has 1 aliphatic carbocycles. The van der Waals surface area contributed by atoms with Crippen LogP contribution in [0.15, 0.2) is 59.0 Å².